The second kappa shape index (κ2) is 11.5. The molecule has 3 aromatic carbocycles. The second-order valence-corrected chi connectivity index (χ2v) is 11.1. The van der Waals surface area contributed by atoms with Crippen LogP contribution in [0, 0.1) is 5.82 Å². The monoisotopic (exact) mass is 598 g/mol. The van der Waals surface area contributed by atoms with Crippen molar-refractivity contribution in [1.82, 2.24) is 5.32 Å². The number of sulfonamides is 1. The molecule has 1 unspecified atom stereocenters. The van der Waals surface area contributed by atoms with Gasteiger partial charge in [0.2, 0.25) is 5.91 Å². The van der Waals surface area contributed by atoms with E-state index in [1.54, 1.807) is 23.5 Å². The summed E-state index contributed by atoms with van der Waals surface area (Å²) in [7, 11) is -4.46. The van der Waals surface area contributed by atoms with Crippen molar-refractivity contribution in [1.29, 1.82) is 0 Å². The van der Waals surface area contributed by atoms with Crippen LogP contribution in [0.15, 0.2) is 71.6 Å². The standard InChI is InChI=1S/C27H23ClF4N2O5S/c1-2-39-25(35)15-24(27(30,31)32)33-26(36)23-13-17-5-3-4-6-22(17)34(23)40(37,38)19-10-7-16(8-11-19)20-12-9-18(29)14-21(20)28/h3-12,14,23-24H,2,13,15H2,1H3,(H,33,36)/t23-,24?/m0/s1. The first-order chi connectivity index (χ1) is 18.8. The molecule has 2 atom stereocenters. The first-order valence-electron chi connectivity index (χ1n) is 12.0. The van der Waals surface area contributed by atoms with E-state index in [2.05, 4.69) is 4.74 Å². The lowest BCUT2D eigenvalue weighted by Gasteiger charge is -2.28. The average molecular weight is 599 g/mol. The van der Waals surface area contributed by atoms with Crippen LogP contribution in [0.4, 0.5) is 23.2 Å². The number of rotatable bonds is 8. The molecule has 1 aliphatic heterocycles. The summed E-state index contributed by atoms with van der Waals surface area (Å²) in [6.45, 7) is 1.28. The molecule has 1 aliphatic rings. The Balaban J connectivity index is 1.66. The molecular weight excluding hydrogens is 576 g/mol. The highest BCUT2D eigenvalue weighted by Crippen LogP contribution is 2.38. The third-order valence-electron chi connectivity index (χ3n) is 6.27. The van der Waals surface area contributed by atoms with Crippen molar-refractivity contribution in [2.24, 2.45) is 0 Å². The number of nitrogens with one attached hydrogen (secondary N) is 1. The van der Waals surface area contributed by atoms with Gasteiger partial charge in [-0.3, -0.25) is 13.9 Å². The van der Waals surface area contributed by atoms with Crippen molar-refractivity contribution in [3.05, 3.63) is 83.1 Å². The Kier molecular flexibility index (Phi) is 8.41. The van der Waals surface area contributed by atoms with Crippen molar-refractivity contribution in [2.45, 2.75) is 42.9 Å². The molecule has 0 saturated carbocycles. The normalized spacial score (nSPS) is 15.8. The van der Waals surface area contributed by atoms with Crippen LogP contribution < -0.4 is 9.62 Å². The number of nitrogens with zero attached hydrogens (tertiary/aromatic N) is 1. The van der Waals surface area contributed by atoms with Crippen molar-refractivity contribution >= 4 is 39.2 Å². The lowest BCUT2D eigenvalue weighted by atomic mass is 10.1. The summed E-state index contributed by atoms with van der Waals surface area (Å²) in [4.78, 5) is 24.7. The number of esters is 1. The van der Waals surface area contributed by atoms with Gasteiger partial charge in [0.1, 0.15) is 17.9 Å². The number of ether oxygens (including phenoxy) is 1. The van der Waals surface area contributed by atoms with Crippen molar-refractivity contribution in [3.8, 4) is 11.1 Å². The molecule has 7 nitrogen and oxygen atoms in total. The number of hydrogen-bond donors (Lipinski definition) is 1. The smallest absolute Gasteiger partial charge is 0.409 e. The van der Waals surface area contributed by atoms with Crippen molar-refractivity contribution in [2.75, 3.05) is 10.9 Å². The predicted molar refractivity (Wildman–Crippen MR) is 140 cm³/mol. The van der Waals surface area contributed by atoms with Gasteiger partial charge >= 0.3 is 12.1 Å². The molecular formula is C27H23ClF4N2O5S. The Morgan fingerprint density at radius 3 is 2.40 bits per heavy atom. The maximum Gasteiger partial charge on any atom is 0.409 e. The molecule has 1 N–H and O–H groups in total. The maximum atomic E-state index is 13.8. The second-order valence-electron chi connectivity index (χ2n) is 8.91. The minimum absolute atomic E-state index is 0.114. The summed E-state index contributed by atoms with van der Waals surface area (Å²) in [5.74, 6) is -2.92. The van der Waals surface area contributed by atoms with Crippen LogP contribution in [0.3, 0.4) is 0 Å². The van der Waals surface area contributed by atoms with E-state index in [1.165, 1.54) is 49.4 Å². The van der Waals surface area contributed by atoms with Crippen LogP contribution in [0.1, 0.15) is 18.9 Å². The molecule has 0 aliphatic carbocycles. The van der Waals surface area contributed by atoms with E-state index in [1.807, 2.05) is 0 Å². The largest absolute Gasteiger partial charge is 0.466 e. The zero-order chi connectivity index (χ0) is 29.2. The van der Waals surface area contributed by atoms with Gasteiger partial charge in [-0.05, 0) is 54.4 Å². The first kappa shape index (κ1) is 29.3. The van der Waals surface area contributed by atoms with Crippen LogP contribution in [-0.2, 0) is 30.8 Å². The van der Waals surface area contributed by atoms with E-state index < -0.39 is 52.4 Å². The highest BCUT2D eigenvalue weighted by molar-refractivity contribution is 7.93. The molecule has 0 spiro atoms. The fourth-order valence-corrected chi connectivity index (χ4v) is 6.33. The molecule has 0 saturated heterocycles. The van der Waals surface area contributed by atoms with Gasteiger partial charge in [-0.15, -0.1) is 0 Å². The molecule has 212 valence electrons. The highest BCUT2D eigenvalue weighted by atomic mass is 35.5. The number of fused-ring (bicyclic) bond motifs is 1. The summed E-state index contributed by atoms with van der Waals surface area (Å²) < 4.78 is 87.4. The zero-order valence-corrected chi connectivity index (χ0v) is 22.5. The van der Waals surface area contributed by atoms with Gasteiger partial charge in [0.15, 0.2) is 0 Å². The molecule has 0 aromatic heterocycles. The molecule has 0 radical (unpaired) electrons. The van der Waals surface area contributed by atoms with Crippen molar-refractivity contribution in [3.63, 3.8) is 0 Å². The average Bonchev–Trinajstić information content (AvgIpc) is 3.29. The number of carbonyl (C=O) groups is 2. The maximum absolute atomic E-state index is 13.8. The number of halogens is 5. The van der Waals surface area contributed by atoms with Crippen LogP contribution >= 0.6 is 11.6 Å². The van der Waals surface area contributed by atoms with Crippen LogP contribution in [0.5, 0.6) is 0 Å². The summed E-state index contributed by atoms with van der Waals surface area (Å²) in [6.07, 6.45) is -6.34. The van der Waals surface area contributed by atoms with E-state index in [9.17, 15) is 35.6 Å². The Morgan fingerprint density at radius 1 is 1.10 bits per heavy atom. The van der Waals surface area contributed by atoms with E-state index in [0.717, 1.165) is 10.4 Å². The third-order valence-corrected chi connectivity index (χ3v) is 8.42. The van der Waals surface area contributed by atoms with Crippen LogP contribution in [0.2, 0.25) is 5.02 Å². The number of anilines is 1. The summed E-state index contributed by atoms with van der Waals surface area (Å²) in [5, 5.41) is 1.92. The summed E-state index contributed by atoms with van der Waals surface area (Å²) >= 11 is 6.11. The highest BCUT2D eigenvalue weighted by Gasteiger charge is 2.47. The zero-order valence-electron chi connectivity index (χ0n) is 20.9. The summed E-state index contributed by atoms with van der Waals surface area (Å²) in [6, 6.07) is 11.2. The van der Waals surface area contributed by atoms with Crippen LogP contribution in [0.25, 0.3) is 11.1 Å². The van der Waals surface area contributed by atoms with Gasteiger partial charge in [0, 0.05) is 12.0 Å². The molecule has 1 amide bonds. The van der Waals surface area contributed by atoms with Gasteiger partial charge < -0.3 is 10.1 Å². The quantitative estimate of drug-likeness (QED) is 0.282. The Labute approximate surface area is 232 Å². The van der Waals surface area contributed by atoms with Gasteiger partial charge in [0.25, 0.3) is 10.0 Å². The Hall–Kier alpha value is -3.64. The number of amides is 1. The van der Waals surface area contributed by atoms with Crippen LogP contribution in [-0.4, -0.2) is 45.2 Å². The molecule has 3 aromatic rings. The topological polar surface area (TPSA) is 92.8 Å². The number of alkyl halides is 3. The fraction of sp³-hybridized carbons (Fsp3) is 0.259. The fourth-order valence-electron chi connectivity index (χ4n) is 4.40. The first-order valence-corrected chi connectivity index (χ1v) is 13.8. The molecule has 1 heterocycles. The van der Waals surface area contributed by atoms with Gasteiger partial charge in [-0.2, -0.15) is 13.2 Å². The third kappa shape index (κ3) is 6.07. The number of benzene rings is 3. The minimum Gasteiger partial charge on any atom is -0.466 e. The Bertz CT molecular complexity index is 1530. The van der Waals surface area contributed by atoms with E-state index in [4.69, 9.17) is 11.6 Å². The van der Waals surface area contributed by atoms with E-state index in [0.29, 0.717) is 16.7 Å². The van der Waals surface area contributed by atoms with Gasteiger partial charge in [-0.25, -0.2) is 12.8 Å². The van der Waals surface area contributed by atoms with Gasteiger partial charge in [0.05, 0.1) is 28.6 Å². The lowest BCUT2D eigenvalue weighted by molar-refractivity contribution is -0.172. The van der Waals surface area contributed by atoms with Crippen molar-refractivity contribution < 1.29 is 40.3 Å². The number of para-hydroxylation sites is 1. The Morgan fingerprint density at radius 2 is 1.77 bits per heavy atom. The number of carbonyl (C=O) groups excluding carboxylic acids is 2. The minimum atomic E-state index is -4.99. The molecule has 0 fully saturated rings. The lowest BCUT2D eigenvalue weighted by Crippen LogP contribution is -2.54. The molecule has 40 heavy (non-hydrogen) atoms. The molecule has 4 rings (SSSR count). The SMILES string of the molecule is CCOC(=O)CC(NC(=O)[C@@H]1Cc2ccccc2N1S(=O)(=O)c1ccc(-c2ccc(F)cc2Cl)cc1)C(F)(F)F. The van der Waals surface area contributed by atoms with E-state index in [-0.39, 0.29) is 28.6 Å². The number of hydrogen-bond acceptors (Lipinski definition) is 5. The molecule has 13 heteroatoms. The van der Waals surface area contributed by atoms with E-state index >= 15 is 0 Å². The molecule has 0 bridgehead atoms. The predicted octanol–water partition coefficient (Wildman–Crippen LogP) is 5.27. The van der Waals surface area contributed by atoms with Gasteiger partial charge in [-0.1, -0.05) is 41.9 Å². The summed E-state index contributed by atoms with van der Waals surface area (Å²) in [5.41, 5.74) is 1.53.